The van der Waals surface area contributed by atoms with Crippen molar-refractivity contribution in [2.45, 2.75) is 58.0 Å². The first-order valence-electron chi connectivity index (χ1n) is 16.5. The smallest absolute Gasteiger partial charge is 0.258 e. The highest BCUT2D eigenvalue weighted by Gasteiger charge is 2.36. The molecule has 3 aliphatic rings. The van der Waals surface area contributed by atoms with Gasteiger partial charge >= 0.3 is 0 Å². The molecule has 0 bridgehead atoms. The lowest BCUT2D eigenvalue weighted by Crippen LogP contribution is -2.38. The van der Waals surface area contributed by atoms with Gasteiger partial charge in [0, 0.05) is 36.5 Å². The Labute approximate surface area is 289 Å². The van der Waals surface area contributed by atoms with Crippen molar-refractivity contribution in [3.8, 4) is 0 Å². The van der Waals surface area contributed by atoms with Crippen molar-refractivity contribution in [2.24, 2.45) is 0 Å². The van der Waals surface area contributed by atoms with Gasteiger partial charge in [-0.3, -0.25) is 28.8 Å². The Morgan fingerprint density at radius 1 is 0.480 bits per heavy atom. The first-order valence-corrected chi connectivity index (χ1v) is 16.5. The third-order valence-electron chi connectivity index (χ3n) is 9.83. The summed E-state index contributed by atoms with van der Waals surface area (Å²) in [6, 6.07) is 19.9. The summed E-state index contributed by atoms with van der Waals surface area (Å²) in [6.07, 6.45) is 9.31. The number of benzene rings is 3. The zero-order chi connectivity index (χ0) is 35.8. The lowest BCUT2D eigenvalue weighted by molar-refractivity contribution is -0.121. The lowest BCUT2D eigenvalue weighted by Gasteiger charge is -2.38. The molecular formula is C39H37N5O6. The molecule has 3 aromatic rings. The Kier molecular flexibility index (Phi) is 8.83. The summed E-state index contributed by atoms with van der Waals surface area (Å²) in [6.45, 7) is 8.08. The molecule has 6 amide bonds. The molecule has 11 nitrogen and oxygen atoms in total. The van der Waals surface area contributed by atoms with Crippen molar-refractivity contribution in [1.82, 2.24) is 0 Å². The third kappa shape index (κ3) is 5.80. The summed E-state index contributed by atoms with van der Waals surface area (Å²) < 4.78 is 0. The maximum Gasteiger partial charge on any atom is 0.258 e. The third-order valence-corrected chi connectivity index (χ3v) is 9.83. The molecule has 6 rings (SSSR count). The van der Waals surface area contributed by atoms with Crippen molar-refractivity contribution in [1.29, 1.82) is 0 Å². The number of anilines is 5. The van der Waals surface area contributed by atoms with Crippen LogP contribution >= 0.6 is 0 Å². The molecular weight excluding hydrogens is 634 g/mol. The molecule has 2 N–H and O–H groups in total. The number of nitrogens with zero attached hydrogens (tertiary/aromatic N) is 3. The Hall–Kier alpha value is -6.10. The normalized spacial score (nSPS) is 17.1. The van der Waals surface area contributed by atoms with Crippen LogP contribution in [0.1, 0.15) is 58.1 Å². The van der Waals surface area contributed by atoms with Crippen LogP contribution < -0.4 is 25.3 Å². The van der Waals surface area contributed by atoms with E-state index in [-0.39, 0.29) is 0 Å². The maximum atomic E-state index is 13.2. The van der Waals surface area contributed by atoms with Crippen LogP contribution in [-0.4, -0.2) is 35.4 Å². The molecule has 0 aromatic heterocycles. The molecule has 0 saturated heterocycles. The standard InChI is InChI=1S/C39H37N5O6/c1-5-38(4,25-11-15-27(16-12-25)42-31(45)19-20-32(42)46)40-29-9-8-10-30(37(29)44-35(49)23-24-36(44)50)41-39(6-2,7-3)26-13-17-28(18-14-26)43-33(47)21-22-34(43)48/h8-24,40-41H,5-7H2,1-4H3. The van der Waals surface area contributed by atoms with Gasteiger partial charge in [-0.15, -0.1) is 0 Å². The highest BCUT2D eigenvalue weighted by Crippen LogP contribution is 2.44. The predicted molar refractivity (Wildman–Crippen MR) is 191 cm³/mol. The number of rotatable bonds is 12. The molecule has 1 atom stereocenters. The van der Waals surface area contributed by atoms with Crippen LogP contribution in [0.5, 0.6) is 0 Å². The van der Waals surface area contributed by atoms with Gasteiger partial charge in [-0.2, -0.15) is 0 Å². The van der Waals surface area contributed by atoms with Crippen LogP contribution in [-0.2, 0) is 39.8 Å². The topological polar surface area (TPSA) is 136 Å². The summed E-state index contributed by atoms with van der Waals surface area (Å²) in [5, 5.41) is 7.30. The number of para-hydroxylation sites is 1. The first kappa shape index (κ1) is 33.8. The van der Waals surface area contributed by atoms with E-state index in [1.807, 2.05) is 70.2 Å². The first-order chi connectivity index (χ1) is 23.9. The minimum Gasteiger partial charge on any atom is -0.374 e. The van der Waals surface area contributed by atoms with E-state index >= 15 is 0 Å². The number of hydrogen-bond acceptors (Lipinski definition) is 8. The molecule has 11 heteroatoms. The second-order valence-electron chi connectivity index (χ2n) is 12.6. The van der Waals surface area contributed by atoms with Gasteiger partial charge < -0.3 is 10.6 Å². The molecule has 0 saturated carbocycles. The quantitative estimate of drug-likeness (QED) is 0.229. The lowest BCUT2D eigenvalue weighted by atomic mass is 9.84. The number of carbonyl (C=O) groups is 6. The SMILES string of the molecule is CCC(C)(Nc1cccc(NC(CC)(CC)c2ccc(N3C(=O)C=CC3=O)cc2)c1N1C(=O)C=CC1=O)c1ccc(N2C(=O)C=CC2=O)cc1. The second kappa shape index (κ2) is 13.1. The monoisotopic (exact) mass is 671 g/mol. The molecule has 50 heavy (non-hydrogen) atoms. The molecule has 0 fully saturated rings. The molecule has 0 spiro atoms. The number of nitrogens with one attached hydrogen (secondary N) is 2. The van der Waals surface area contributed by atoms with E-state index in [9.17, 15) is 28.8 Å². The highest BCUT2D eigenvalue weighted by molar-refractivity contribution is 6.31. The van der Waals surface area contributed by atoms with Crippen molar-refractivity contribution >= 4 is 63.9 Å². The fourth-order valence-electron chi connectivity index (χ4n) is 6.65. The summed E-state index contributed by atoms with van der Waals surface area (Å²) in [4.78, 5) is 78.9. The molecule has 0 aliphatic carbocycles. The van der Waals surface area contributed by atoms with Gasteiger partial charge in [0.25, 0.3) is 35.4 Å². The van der Waals surface area contributed by atoms with Crippen LogP contribution in [0.25, 0.3) is 0 Å². The average molecular weight is 672 g/mol. The van der Waals surface area contributed by atoms with E-state index in [0.29, 0.717) is 47.7 Å². The number of amides is 6. The van der Waals surface area contributed by atoms with Crippen molar-refractivity contribution in [3.05, 3.63) is 114 Å². The van der Waals surface area contributed by atoms with Gasteiger partial charge in [-0.25, -0.2) is 14.7 Å². The fraction of sp³-hybridized carbons (Fsp3) is 0.231. The van der Waals surface area contributed by atoms with Crippen LogP contribution in [0.3, 0.4) is 0 Å². The van der Waals surface area contributed by atoms with Gasteiger partial charge in [0.2, 0.25) is 0 Å². The van der Waals surface area contributed by atoms with E-state index < -0.39 is 46.5 Å². The van der Waals surface area contributed by atoms with E-state index in [1.54, 1.807) is 24.3 Å². The van der Waals surface area contributed by atoms with E-state index in [2.05, 4.69) is 10.6 Å². The molecule has 0 radical (unpaired) electrons. The van der Waals surface area contributed by atoms with Gasteiger partial charge in [0.15, 0.2) is 0 Å². The van der Waals surface area contributed by atoms with Gasteiger partial charge in [-0.1, -0.05) is 51.1 Å². The summed E-state index contributed by atoms with van der Waals surface area (Å²) in [5.74, 6) is -2.54. The number of carbonyl (C=O) groups excluding carboxylic acids is 6. The molecule has 3 heterocycles. The minimum absolute atomic E-state index is 0.366. The molecule has 3 aromatic carbocycles. The highest BCUT2D eigenvalue weighted by atomic mass is 16.2. The zero-order valence-electron chi connectivity index (χ0n) is 28.2. The van der Waals surface area contributed by atoms with Crippen molar-refractivity contribution < 1.29 is 28.8 Å². The Balaban J connectivity index is 1.37. The fourth-order valence-corrected chi connectivity index (χ4v) is 6.65. The largest absolute Gasteiger partial charge is 0.374 e. The van der Waals surface area contributed by atoms with E-state index in [0.717, 1.165) is 25.8 Å². The van der Waals surface area contributed by atoms with Gasteiger partial charge in [0.05, 0.1) is 39.5 Å². The summed E-state index contributed by atoms with van der Waals surface area (Å²) in [7, 11) is 0. The van der Waals surface area contributed by atoms with Gasteiger partial charge in [0.1, 0.15) is 0 Å². The van der Waals surface area contributed by atoms with Crippen LogP contribution in [0, 0.1) is 0 Å². The van der Waals surface area contributed by atoms with Crippen LogP contribution in [0.4, 0.5) is 28.4 Å². The van der Waals surface area contributed by atoms with Crippen molar-refractivity contribution in [3.63, 3.8) is 0 Å². The van der Waals surface area contributed by atoms with E-state index in [4.69, 9.17) is 0 Å². The maximum absolute atomic E-state index is 13.2. The summed E-state index contributed by atoms with van der Waals surface area (Å²) in [5.41, 5.74) is 2.76. The van der Waals surface area contributed by atoms with E-state index in [1.165, 1.54) is 36.5 Å². The Morgan fingerprint density at radius 2 is 0.860 bits per heavy atom. The summed E-state index contributed by atoms with van der Waals surface area (Å²) >= 11 is 0. The van der Waals surface area contributed by atoms with Crippen molar-refractivity contribution in [2.75, 3.05) is 25.3 Å². The van der Waals surface area contributed by atoms with Crippen LogP contribution in [0.2, 0.25) is 0 Å². The average Bonchev–Trinajstić information content (AvgIpc) is 3.77. The second-order valence-corrected chi connectivity index (χ2v) is 12.6. The predicted octanol–water partition coefficient (Wildman–Crippen LogP) is 5.84. The number of hydrogen-bond donors (Lipinski definition) is 2. The molecule has 254 valence electrons. The Morgan fingerprint density at radius 3 is 1.26 bits per heavy atom. The number of imide groups is 3. The zero-order valence-corrected chi connectivity index (χ0v) is 28.2. The minimum atomic E-state index is -0.704. The van der Waals surface area contributed by atoms with Gasteiger partial charge in [-0.05, 0) is 73.7 Å². The van der Waals surface area contributed by atoms with Crippen LogP contribution in [0.15, 0.2) is 103 Å². The Bertz CT molecular complexity index is 1950. The molecule has 3 aliphatic heterocycles. The molecule has 1 unspecified atom stereocenters.